The molecule has 0 radical (unpaired) electrons. The molecule has 6 nitrogen and oxygen atoms in total. The van der Waals surface area contributed by atoms with Crippen LogP contribution >= 0.6 is 0 Å². The van der Waals surface area contributed by atoms with Crippen LogP contribution in [0.25, 0.3) is 0 Å². The number of hydrogen-bond acceptors (Lipinski definition) is 5. The topological polar surface area (TPSA) is 82.8 Å². The van der Waals surface area contributed by atoms with E-state index >= 15 is 0 Å². The largest absolute Gasteiger partial charge is 0.485 e. The maximum absolute atomic E-state index is 12.4. The number of nitriles is 1. The Morgan fingerprint density at radius 3 is 2.75 bits per heavy atom. The minimum Gasteiger partial charge on any atom is -0.485 e. The van der Waals surface area contributed by atoms with Crippen molar-refractivity contribution in [2.75, 3.05) is 6.61 Å². The van der Waals surface area contributed by atoms with E-state index in [1.165, 1.54) is 0 Å². The molecule has 0 bridgehead atoms. The summed E-state index contributed by atoms with van der Waals surface area (Å²) in [7, 11) is 0. The quantitative estimate of drug-likeness (QED) is 0.901. The number of fused-ring (bicyclic) bond motifs is 1. The zero-order valence-corrected chi connectivity index (χ0v) is 14.3. The number of nitrogens with zero attached hydrogens (tertiary/aromatic N) is 2. The molecule has 0 aromatic heterocycles. The number of aliphatic hydroxyl groups excluding tert-OH is 1. The Bertz CT molecular complexity index is 707. The summed E-state index contributed by atoms with van der Waals surface area (Å²) in [6.07, 6.45) is -1.38. The van der Waals surface area contributed by atoms with Gasteiger partial charge in [0.15, 0.2) is 0 Å². The maximum atomic E-state index is 12.4. The first-order chi connectivity index (χ1) is 11.3. The van der Waals surface area contributed by atoms with E-state index in [1.54, 1.807) is 36.9 Å². The van der Waals surface area contributed by atoms with Gasteiger partial charge in [0, 0.05) is 5.56 Å². The van der Waals surface area contributed by atoms with E-state index in [0.717, 1.165) is 0 Å². The van der Waals surface area contributed by atoms with E-state index in [0.29, 0.717) is 23.5 Å². The zero-order valence-electron chi connectivity index (χ0n) is 14.3. The van der Waals surface area contributed by atoms with Crippen LogP contribution in [-0.2, 0) is 4.74 Å². The Balaban J connectivity index is 2.15. The Kier molecular flexibility index (Phi) is 3.92. The number of carbonyl (C=O) groups is 1. The highest BCUT2D eigenvalue weighted by Gasteiger charge is 2.51. The van der Waals surface area contributed by atoms with Crippen LogP contribution < -0.4 is 4.74 Å². The molecular formula is C18H22N2O4. The SMILES string of the molecule is CC(C)[C@@H]1COC(=O)N1[C@H]1c2cc(C#N)ccc2OC(C)(C)[C@@H]1O. The molecule has 0 aliphatic carbocycles. The molecule has 2 heterocycles. The van der Waals surface area contributed by atoms with Gasteiger partial charge in [0.25, 0.3) is 0 Å². The Hall–Kier alpha value is -2.26. The third-order valence-electron chi connectivity index (χ3n) is 4.86. The first kappa shape index (κ1) is 16.6. The number of benzene rings is 1. The van der Waals surface area contributed by atoms with Gasteiger partial charge >= 0.3 is 6.09 Å². The summed E-state index contributed by atoms with van der Waals surface area (Å²) in [4.78, 5) is 14.0. The number of cyclic esters (lactones) is 1. The average Bonchev–Trinajstić information content (AvgIpc) is 2.90. The van der Waals surface area contributed by atoms with Gasteiger partial charge in [0.2, 0.25) is 0 Å². The lowest BCUT2D eigenvalue weighted by Crippen LogP contribution is -2.56. The molecule has 0 saturated carbocycles. The van der Waals surface area contributed by atoms with Crippen molar-refractivity contribution in [3.8, 4) is 11.8 Å². The lowest BCUT2D eigenvalue weighted by Gasteiger charge is -2.46. The van der Waals surface area contributed by atoms with E-state index in [9.17, 15) is 15.2 Å². The van der Waals surface area contributed by atoms with E-state index in [4.69, 9.17) is 9.47 Å². The minimum atomic E-state index is -0.939. The molecule has 1 aromatic carbocycles. The average molecular weight is 330 g/mol. The molecule has 1 amide bonds. The van der Waals surface area contributed by atoms with Crippen molar-refractivity contribution in [2.45, 2.75) is 51.5 Å². The van der Waals surface area contributed by atoms with Crippen LogP contribution in [0.5, 0.6) is 5.75 Å². The van der Waals surface area contributed by atoms with Gasteiger partial charge in [-0.15, -0.1) is 0 Å². The minimum absolute atomic E-state index is 0.135. The summed E-state index contributed by atoms with van der Waals surface area (Å²) >= 11 is 0. The van der Waals surface area contributed by atoms with E-state index in [2.05, 4.69) is 6.07 Å². The molecule has 0 unspecified atom stereocenters. The van der Waals surface area contributed by atoms with Crippen molar-refractivity contribution < 1.29 is 19.4 Å². The first-order valence-electron chi connectivity index (χ1n) is 8.12. The second-order valence-corrected chi connectivity index (χ2v) is 7.26. The van der Waals surface area contributed by atoms with Crippen molar-refractivity contribution in [1.82, 2.24) is 4.90 Å². The van der Waals surface area contributed by atoms with Gasteiger partial charge in [-0.25, -0.2) is 4.79 Å². The Labute approximate surface area is 141 Å². The van der Waals surface area contributed by atoms with Crippen LogP contribution in [0.2, 0.25) is 0 Å². The van der Waals surface area contributed by atoms with E-state index < -0.39 is 23.8 Å². The lowest BCUT2D eigenvalue weighted by molar-refractivity contribution is -0.0895. The number of hydrogen-bond donors (Lipinski definition) is 1. The number of aliphatic hydroxyl groups is 1. The molecule has 2 aliphatic heterocycles. The summed E-state index contributed by atoms with van der Waals surface area (Å²) < 4.78 is 11.2. The highest BCUT2D eigenvalue weighted by Crippen LogP contribution is 2.45. The van der Waals surface area contributed by atoms with Crippen LogP contribution in [0.1, 0.15) is 44.9 Å². The Morgan fingerprint density at radius 1 is 1.42 bits per heavy atom. The van der Waals surface area contributed by atoms with Gasteiger partial charge < -0.3 is 14.6 Å². The predicted octanol–water partition coefficient (Wildman–Crippen LogP) is 2.61. The fraction of sp³-hybridized carbons (Fsp3) is 0.556. The molecule has 3 rings (SSSR count). The molecule has 0 spiro atoms. The first-order valence-corrected chi connectivity index (χ1v) is 8.12. The van der Waals surface area contributed by atoms with Crippen molar-refractivity contribution in [2.24, 2.45) is 5.92 Å². The lowest BCUT2D eigenvalue weighted by atomic mass is 9.84. The molecule has 3 atom stereocenters. The van der Waals surface area contributed by atoms with E-state index in [1.807, 2.05) is 13.8 Å². The molecule has 24 heavy (non-hydrogen) atoms. The fourth-order valence-corrected chi connectivity index (χ4v) is 3.42. The van der Waals surface area contributed by atoms with Gasteiger partial charge in [0.1, 0.15) is 24.1 Å². The van der Waals surface area contributed by atoms with E-state index in [-0.39, 0.29) is 12.0 Å². The molecular weight excluding hydrogens is 308 g/mol. The van der Waals surface area contributed by atoms with Gasteiger partial charge in [-0.05, 0) is 38.0 Å². The molecule has 1 fully saturated rings. The van der Waals surface area contributed by atoms with Crippen LogP contribution in [0.15, 0.2) is 18.2 Å². The number of carbonyl (C=O) groups excluding carboxylic acids is 1. The van der Waals surface area contributed by atoms with Crippen molar-refractivity contribution in [1.29, 1.82) is 5.26 Å². The standard InChI is InChI=1S/C18H22N2O4/c1-10(2)13-9-23-17(22)20(13)15-12-7-11(8-19)5-6-14(12)24-18(3,4)16(15)21/h5-7,10,13,15-16,21H,9H2,1-4H3/t13-,15-,16+/m0/s1. The summed E-state index contributed by atoms with van der Waals surface area (Å²) in [6, 6.07) is 6.43. The predicted molar refractivity (Wildman–Crippen MR) is 86.4 cm³/mol. The van der Waals surface area contributed by atoms with Crippen LogP contribution in [0.4, 0.5) is 4.79 Å². The molecule has 6 heteroatoms. The van der Waals surface area contributed by atoms with Gasteiger partial charge in [0.05, 0.1) is 23.7 Å². The molecule has 2 aliphatic rings. The van der Waals surface area contributed by atoms with Crippen LogP contribution in [0, 0.1) is 17.2 Å². The number of amides is 1. The molecule has 1 aromatic rings. The maximum Gasteiger partial charge on any atom is 0.410 e. The Morgan fingerprint density at radius 2 is 2.12 bits per heavy atom. The highest BCUT2D eigenvalue weighted by molar-refractivity contribution is 5.71. The second-order valence-electron chi connectivity index (χ2n) is 7.26. The smallest absolute Gasteiger partial charge is 0.410 e. The normalized spacial score (nSPS) is 28.1. The van der Waals surface area contributed by atoms with Crippen LogP contribution in [0.3, 0.4) is 0 Å². The highest BCUT2D eigenvalue weighted by atomic mass is 16.6. The summed E-state index contributed by atoms with van der Waals surface area (Å²) in [5, 5.41) is 20.1. The number of rotatable bonds is 2. The van der Waals surface area contributed by atoms with Gasteiger partial charge in [-0.1, -0.05) is 13.8 Å². The van der Waals surface area contributed by atoms with Crippen molar-refractivity contribution in [3.05, 3.63) is 29.3 Å². The molecule has 128 valence electrons. The van der Waals surface area contributed by atoms with Gasteiger partial charge in [-0.3, -0.25) is 4.90 Å². The zero-order chi connectivity index (χ0) is 17.6. The third kappa shape index (κ3) is 2.49. The molecule has 1 saturated heterocycles. The third-order valence-corrected chi connectivity index (χ3v) is 4.86. The van der Waals surface area contributed by atoms with Crippen molar-refractivity contribution >= 4 is 6.09 Å². The van der Waals surface area contributed by atoms with Gasteiger partial charge in [-0.2, -0.15) is 5.26 Å². The molecule has 1 N–H and O–H groups in total. The summed E-state index contributed by atoms with van der Waals surface area (Å²) in [6.45, 7) is 7.91. The monoisotopic (exact) mass is 330 g/mol. The summed E-state index contributed by atoms with van der Waals surface area (Å²) in [5.74, 6) is 0.758. The van der Waals surface area contributed by atoms with Crippen LogP contribution in [-0.4, -0.2) is 40.5 Å². The fourth-order valence-electron chi connectivity index (χ4n) is 3.42. The second kappa shape index (κ2) is 5.67. The summed E-state index contributed by atoms with van der Waals surface area (Å²) in [5.41, 5.74) is 0.240. The number of ether oxygens (including phenoxy) is 2. The van der Waals surface area contributed by atoms with Crippen molar-refractivity contribution in [3.63, 3.8) is 0 Å².